The monoisotopic (exact) mass is 1100 g/mol. The molecular weight excluding hydrogens is 1030 g/mol. The van der Waals surface area contributed by atoms with E-state index in [1.54, 1.807) is 49.5 Å². The number of alkyl carbamates (subject to hydrolysis) is 1. The van der Waals surface area contributed by atoms with E-state index in [2.05, 4.69) is 88.4 Å². The number of aromatic nitrogens is 8. The van der Waals surface area contributed by atoms with E-state index in [9.17, 15) is 14.4 Å². The Bertz CT molecular complexity index is 3570. The summed E-state index contributed by atoms with van der Waals surface area (Å²) in [6, 6.07) is 21.8. The number of carbonyl (C=O) groups excluding carboxylic acids is 2. The summed E-state index contributed by atoms with van der Waals surface area (Å²) in [6.07, 6.45) is 15.8. The van der Waals surface area contributed by atoms with E-state index in [0.29, 0.717) is 43.9 Å². The molecular formula is C58H68N14O7Si. The van der Waals surface area contributed by atoms with Gasteiger partial charge in [0, 0.05) is 102 Å². The van der Waals surface area contributed by atoms with Crippen LogP contribution in [0.25, 0.3) is 44.1 Å². The van der Waals surface area contributed by atoms with E-state index in [0.717, 1.165) is 72.3 Å². The third kappa shape index (κ3) is 19.0. The van der Waals surface area contributed by atoms with Gasteiger partial charge in [-0.2, -0.15) is 10.2 Å². The highest BCUT2D eigenvalue weighted by atomic mass is 28.3. The Kier molecular flexibility index (Phi) is 20.4. The number of carbonyl (C=O) groups is 3. The maximum atomic E-state index is 11.6. The summed E-state index contributed by atoms with van der Waals surface area (Å²) in [5.41, 5.74) is 22.7. The average molecular weight is 1100 g/mol. The Morgan fingerprint density at radius 1 is 0.738 bits per heavy atom. The molecule has 0 saturated carbocycles. The third-order valence-electron chi connectivity index (χ3n) is 10.9. The first kappa shape index (κ1) is 59.9. The van der Waals surface area contributed by atoms with Crippen molar-refractivity contribution >= 4 is 71.1 Å². The summed E-state index contributed by atoms with van der Waals surface area (Å²) in [4.78, 5) is 51.1. The second-order valence-corrected chi connectivity index (χ2v) is 25.1. The van der Waals surface area contributed by atoms with Crippen molar-refractivity contribution in [3.8, 4) is 57.6 Å². The number of hydrogen-bond donors (Lipinski definition) is 7. The molecule has 9 N–H and O–H groups in total. The van der Waals surface area contributed by atoms with Crippen LogP contribution in [0.4, 0.5) is 28.1 Å². The van der Waals surface area contributed by atoms with Gasteiger partial charge in [-0.05, 0) is 106 Å². The van der Waals surface area contributed by atoms with Crippen molar-refractivity contribution in [1.29, 1.82) is 0 Å². The topological polar surface area (TPSA) is 286 Å². The second-order valence-electron chi connectivity index (χ2n) is 20.4. The van der Waals surface area contributed by atoms with Gasteiger partial charge in [0.2, 0.25) is 17.8 Å². The normalized spacial score (nSPS) is 11.7. The Morgan fingerprint density at radius 2 is 1.25 bits per heavy atom. The molecule has 0 saturated heterocycles. The Hall–Kier alpha value is -9.35. The summed E-state index contributed by atoms with van der Waals surface area (Å²) >= 11 is 0. The molecule has 4 heterocycles. The maximum absolute atomic E-state index is 11.6. The van der Waals surface area contributed by atoms with Gasteiger partial charge in [0.15, 0.2) is 0 Å². The summed E-state index contributed by atoms with van der Waals surface area (Å²) < 4.78 is 20.0. The van der Waals surface area contributed by atoms with Gasteiger partial charge >= 0.3 is 12.1 Å². The van der Waals surface area contributed by atoms with Gasteiger partial charge in [-0.25, -0.2) is 24.7 Å². The van der Waals surface area contributed by atoms with Gasteiger partial charge in [0.05, 0.1) is 36.0 Å². The molecule has 0 radical (unpaired) electrons. The highest BCUT2D eigenvalue weighted by Crippen LogP contribution is 2.32. The lowest BCUT2D eigenvalue weighted by Crippen LogP contribution is -2.41. The van der Waals surface area contributed by atoms with Crippen molar-refractivity contribution in [2.24, 2.45) is 25.6 Å². The molecule has 2 atom stereocenters. The van der Waals surface area contributed by atoms with Gasteiger partial charge in [-0.3, -0.25) is 19.0 Å². The highest BCUT2D eigenvalue weighted by molar-refractivity contribution is 6.83. The van der Waals surface area contributed by atoms with Gasteiger partial charge < -0.3 is 52.1 Å². The van der Waals surface area contributed by atoms with Crippen LogP contribution in [-0.2, 0) is 28.4 Å². The summed E-state index contributed by atoms with van der Waals surface area (Å²) in [6.45, 7) is 16.3. The number of amides is 2. The van der Waals surface area contributed by atoms with Crippen LogP contribution < -0.4 is 42.2 Å². The lowest BCUT2D eigenvalue weighted by atomic mass is 10.1. The van der Waals surface area contributed by atoms with Gasteiger partial charge in [-0.1, -0.05) is 31.5 Å². The molecule has 80 heavy (non-hydrogen) atoms. The van der Waals surface area contributed by atoms with Crippen molar-refractivity contribution in [2.75, 3.05) is 36.9 Å². The number of carboxylic acid groups (broad SMARTS) is 1. The molecule has 0 bridgehead atoms. The van der Waals surface area contributed by atoms with Crippen molar-refractivity contribution in [3.05, 3.63) is 121 Å². The fourth-order valence-electron chi connectivity index (χ4n) is 7.08. The Morgan fingerprint density at radius 3 is 1.70 bits per heavy atom. The molecule has 0 fully saturated rings. The lowest BCUT2D eigenvalue weighted by Gasteiger charge is -2.20. The summed E-state index contributed by atoms with van der Waals surface area (Å²) in [7, 11) is 2.33. The number of fused-ring (bicyclic) bond motifs is 2. The third-order valence-corrected chi connectivity index (χ3v) is 11.8. The molecule has 4 aromatic carbocycles. The number of nitrogens with two attached hydrogens (primary N) is 2. The van der Waals surface area contributed by atoms with Crippen LogP contribution in [0.2, 0.25) is 19.6 Å². The minimum Gasteiger partial charge on any atom is -0.492 e. The number of nitrogens with one attached hydrogen (secondary N) is 4. The number of hydrogen-bond acceptors (Lipinski definition) is 16. The number of nitrogens with zero attached hydrogens (tertiary/aromatic N) is 8. The van der Waals surface area contributed by atoms with Crippen LogP contribution in [0.5, 0.6) is 11.5 Å². The second kappa shape index (κ2) is 27.3. The number of carboxylic acids is 1. The molecule has 8 aromatic rings. The van der Waals surface area contributed by atoms with Crippen LogP contribution in [0.15, 0.2) is 110 Å². The van der Waals surface area contributed by atoms with Crippen LogP contribution >= 0.6 is 0 Å². The van der Waals surface area contributed by atoms with Crippen LogP contribution in [0.1, 0.15) is 45.7 Å². The number of terminal acetylenes is 1. The van der Waals surface area contributed by atoms with Crippen LogP contribution in [-0.4, -0.2) is 115 Å². The number of anilines is 4. The summed E-state index contributed by atoms with van der Waals surface area (Å²) in [5.74, 6) is 6.88. The van der Waals surface area contributed by atoms with Crippen molar-refractivity contribution in [2.45, 2.75) is 71.9 Å². The SMILES string of the molecule is C#Cc1ccc2nc(Nc3cc(OCCNC(=O)[C@@H](C)N)cc(-c4cnn(C)c4)c3)ncc2c1.C[C@@H](NC(=O)OC(C)(C)C)C(=O)O.Cn1cc(-c2cc(Nc3ncc4cc(C#C[Si](C)(C)C)ccc4n3)cc(OCCN)c2)cn1. The molecule has 0 aliphatic rings. The predicted molar refractivity (Wildman–Crippen MR) is 314 cm³/mol. The van der Waals surface area contributed by atoms with Gasteiger partial charge in [0.1, 0.15) is 44.4 Å². The number of aliphatic carboxylic acids is 1. The zero-order valence-corrected chi connectivity index (χ0v) is 47.6. The molecule has 21 nitrogen and oxygen atoms in total. The lowest BCUT2D eigenvalue weighted by molar-refractivity contribution is -0.139. The molecule has 4 aromatic heterocycles. The Balaban J connectivity index is 0.000000212. The van der Waals surface area contributed by atoms with Crippen molar-refractivity contribution in [1.82, 2.24) is 50.1 Å². The molecule has 0 aliphatic heterocycles. The molecule has 2 amide bonds. The fraction of sp³-hybridized carbons (Fsp3) is 0.293. The minimum atomic E-state index is -1.43. The number of benzene rings is 4. The first-order chi connectivity index (χ1) is 37.9. The average Bonchev–Trinajstić information content (AvgIpc) is 4.05. The molecule has 416 valence electrons. The quantitative estimate of drug-likeness (QED) is 0.0275. The first-order valence-corrected chi connectivity index (χ1v) is 29.0. The van der Waals surface area contributed by atoms with Crippen molar-refractivity contribution in [3.63, 3.8) is 0 Å². The Labute approximate surface area is 466 Å². The zero-order valence-electron chi connectivity index (χ0n) is 46.6. The van der Waals surface area contributed by atoms with Gasteiger partial charge in [-0.15, -0.1) is 12.0 Å². The van der Waals surface area contributed by atoms with Crippen molar-refractivity contribution < 1.29 is 33.7 Å². The first-order valence-electron chi connectivity index (χ1n) is 25.5. The maximum Gasteiger partial charge on any atom is 0.408 e. The fourth-order valence-corrected chi connectivity index (χ4v) is 7.60. The predicted octanol–water partition coefficient (Wildman–Crippen LogP) is 7.92. The highest BCUT2D eigenvalue weighted by Gasteiger charge is 2.20. The molecule has 0 unspecified atom stereocenters. The smallest absolute Gasteiger partial charge is 0.408 e. The molecule has 0 aliphatic carbocycles. The number of aryl methyl sites for hydroxylation is 2. The van der Waals surface area contributed by atoms with E-state index >= 15 is 0 Å². The number of ether oxygens (including phenoxy) is 3. The zero-order chi connectivity index (χ0) is 58.1. The molecule has 22 heteroatoms. The van der Waals surface area contributed by atoms with Crippen LogP contribution in [0, 0.1) is 23.8 Å². The molecule has 0 spiro atoms. The van der Waals surface area contributed by atoms with E-state index in [-0.39, 0.29) is 5.91 Å². The van der Waals surface area contributed by atoms with E-state index in [1.807, 2.05) is 112 Å². The standard InChI is InChI=1S/C25H25N7O2.C25H28N6OSi.C8H15NO4/c1-4-17-5-6-23-19(9-17)13-28-25(31-23)30-21-10-18(20-14-29-32(3)15-20)11-22(12-21)34-8-7-27-24(33)16(2)26;1-31-17-21(16-28-31)19-12-22(14-23(13-19)32-9-8-26)29-25-27-15-20-11-18(5-6-24(20)30-25)7-10-33(2,3)4;1-5(6(10)11)9-7(12)13-8(2,3)4/h1,5-6,9-16H,7-8,26H2,2-3H3,(H,27,33)(H,28,30,31);5-6,11-17H,8-9,26H2,1-4H3,(H,27,29,30);5H,1-4H3,(H,9,12)(H,10,11)/t16-;;5-/m1.1/s1. The van der Waals surface area contributed by atoms with E-state index in [1.165, 1.54) is 6.92 Å². The van der Waals surface area contributed by atoms with E-state index in [4.69, 9.17) is 37.2 Å². The molecule has 8 rings (SSSR count). The summed E-state index contributed by atoms with van der Waals surface area (Å²) in [5, 5.41) is 30.3. The minimum absolute atomic E-state index is 0.224. The number of rotatable bonds is 16. The van der Waals surface area contributed by atoms with Gasteiger partial charge in [0.25, 0.3) is 0 Å². The largest absolute Gasteiger partial charge is 0.492 e. The van der Waals surface area contributed by atoms with E-state index < -0.39 is 37.8 Å². The van der Waals surface area contributed by atoms with Crippen LogP contribution in [0.3, 0.4) is 0 Å².